The molecule has 2 aromatic rings. The number of carbonyl (C=O) groups is 2. The number of benzene rings is 2. The van der Waals surface area contributed by atoms with Crippen LogP contribution in [0.5, 0.6) is 0 Å². The van der Waals surface area contributed by atoms with Gasteiger partial charge in [-0.2, -0.15) is 0 Å². The Morgan fingerprint density at radius 3 is 2.03 bits per heavy atom. The summed E-state index contributed by atoms with van der Waals surface area (Å²) in [4.78, 5) is 26.1. The van der Waals surface area contributed by atoms with Gasteiger partial charge in [0.2, 0.25) is 0 Å². The van der Waals surface area contributed by atoms with Gasteiger partial charge in [-0.25, -0.2) is 0 Å². The minimum absolute atomic E-state index is 0.156. The Balaban J connectivity index is 2.31. The van der Waals surface area contributed by atoms with Gasteiger partial charge in [0, 0.05) is 18.2 Å². The molecule has 5 nitrogen and oxygen atoms in total. The summed E-state index contributed by atoms with van der Waals surface area (Å²) >= 11 is 0. The van der Waals surface area contributed by atoms with E-state index >= 15 is 0 Å². The van der Waals surface area contributed by atoms with Crippen molar-refractivity contribution in [2.24, 2.45) is 10.8 Å². The second-order valence-corrected chi connectivity index (χ2v) is 9.56. The predicted molar refractivity (Wildman–Crippen MR) is 124 cm³/mol. The van der Waals surface area contributed by atoms with Crippen molar-refractivity contribution in [2.45, 2.75) is 54.0 Å². The van der Waals surface area contributed by atoms with Gasteiger partial charge < -0.3 is 14.7 Å². The third-order valence-electron chi connectivity index (χ3n) is 5.57. The molecule has 1 unspecified atom stereocenters. The van der Waals surface area contributed by atoms with E-state index in [0.717, 1.165) is 16.8 Å². The predicted octanol–water partition coefficient (Wildman–Crippen LogP) is 5.50. The van der Waals surface area contributed by atoms with E-state index in [9.17, 15) is 14.7 Å². The molecule has 0 saturated heterocycles. The van der Waals surface area contributed by atoms with Crippen molar-refractivity contribution < 1.29 is 19.4 Å². The van der Waals surface area contributed by atoms with Crippen molar-refractivity contribution in [3.05, 3.63) is 65.7 Å². The zero-order valence-corrected chi connectivity index (χ0v) is 19.5. The molecule has 0 bridgehead atoms. The van der Waals surface area contributed by atoms with Crippen LogP contribution in [0.4, 0.5) is 5.69 Å². The summed E-state index contributed by atoms with van der Waals surface area (Å²) in [6, 6.07) is 17.8. The summed E-state index contributed by atoms with van der Waals surface area (Å²) in [5.74, 6) is -1.23. The number of ether oxygens (including phenoxy) is 1. The van der Waals surface area contributed by atoms with Crippen molar-refractivity contribution in [2.75, 3.05) is 18.1 Å². The Morgan fingerprint density at radius 2 is 1.55 bits per heavy atom. The fourth-order valence-electron chi connectivity index (χ4n) is 4.40. The molecule has 5 heteroatoms. The number of carboxylic acids is 1. The van der Waals surface area contributed by atoms with Crippen molar-refractivity contribution in [1.82, 2.24) is 0 Å². The van der Waals surface area contributed by atoms with Crippen LogP contribution in [0.3, 0.4) is 0 Å². The summed E-state index contributed by atoms with van der Waals surface area (Å²) in [6.45, 7) is 12.7. The van der Waals surface area contributed by atoms with Gasteiger partial charge in [-0.05, 0) is 49.4 Å². The normalized spacial score (nSPS) is 12.8. The zero-order chi connectivity index (χ0) is 23.2. The molecular formula is C26H35NO4. The molecule has 0 spiro atoms. The number of hydrogen-bond acceptors (Lipinski definition) is 4. The molecule has 0 heterocycles. The summed E-state index contributed by atoms with van der Waals surface area (Å²) in [5.41, 5.74) is 1.86. The third-order valence-corrected chi connectivity index (χ3v) is 5.57. The number of anilines is 1. The molecule has 2 aromatic carbocycles. The second-order valence-electron chi connectivity index (χ2n) is 9.56. The lowest BCUT2D eigenvalue weighted by molar-refractivity contribution is -0.150. The number of hydrogen-bond donors (Lipinski definition) is 1. The Bertz CT molecular complexity index is 867. The van der Waals surface area contributed by atoms with E-state index in [-0.39, 0.29) is 23.8 Å². The average Bonchev–Trinajstić information content (AvgIpc) is 2.68. The summed E-state index contributed by atoms with van der Waals surface area (Å²) in [5, 5.41) is 9.81. The van der Waals surface area contributed by atoms with Gasteiger partial charge in [-0.15, -0.1) is 0 Å². The Morgan fingerprint density at radius 1 is 0.968 bits per heavy atom. The van der Waals surface area contributed by atoms with Crippen molar-refractivity contribution in [3.8, 4) is 0 Å². The number of carbonyl (C=O) groups excluding carboxylic acids is 1. The minimum atomic E-state index is -0.903. The second kappa shape index (κ2) is 9.99. The van der Waals surface area contributed by atoms with Gasteiger partial charge in [0.25, 0.3) is 0 Å². The Labute approximate surface area is 186 Å². The van der Waals surface area contributed by atoms with E-state index in [2.05, 4.69) is 20.8 Å². The first-order chi connectivity index (χ1) is 14.5. The molecule has 0 saturated carbocycles. The van der Waals surface area contributed by atoms with E-state index in [4.69, 9.17) is 4.74 Å². The molecule has 0 amide bonds. The molecule has 0 aliphatic rings. The first-order valence-electron chi connectivity index (χ1n) is 10.7. The monoisotopic (exact) mass is 425 g/mol. The number of aliphatic carboxylic acids is 1. The quantitative estimate of drug-likeness (QED) is 0.538. The number of carboxylic acid groups (broad SMARTS) is 1. The fraction of sp³-hybridized carbons (Fsp3) is 0.462. The largest absolute Gasteiger partial charge is 0.481 e. The Kier molecular flexibility index (Phi) is 7.88. The SMILES string of the molecule is CCOC(=O)CN(Cc1ccc(C(C(C)(C)C)C(C)(C)C(=O)O)cc1)c1ccccc1. The van der Waals surface area contributed by atoms with Crippen molar-refractivity contribution in [1.29, 1.82) is 0 Å². The molecule has 1 atom stereocenters. The number of nitrogens with zero attached hydrogens (tertiary/aromatic N) is 1. The van der Waals surface area contributed by atoms with Gasteiger partial charge in [0.15, 0.2) is 0 Å². The number of esters is 1. The maximum absolute atomic E-state index is 12.1. The lowest BCUT2D eigenvalue weighted by atomic mass is 9.63. The van der Waals surface area contributed by atoms with Gasteiger partial charge >= 0.3 is 11.9 Å². The van der Waals surface area contributed by atoms with Gasteiger partial charge in [-0.3, -0.25) is 9.59 Å². The highest BCUT2D eigenvalue weighted by molar-refractivity contribution is 5.76. The van der Waals surface area contributed by atoms with E-state index in [1.807, 2.05) is 59.5 Å². The summed E-state index contributed by atoms with van der Waals surface area (Å²) < 4.78 is 5.14. The Hall–Kier alpha value is -2.82. The highest BCUT2D eigenvalue weighted by atomic mass is 16.5. The lowest BCUT2D eigenvalue weighted by Crippen LogP contribution is -2.38. The number of para-hydroxylation sites is 1. The van der Waals surface area contributed by atoms with E-state index in [1.54, 1.807) is 20.8 Å². The molecule has 0 aliphatic heterocycles. The third kappa shape index (κ3) is 6.33. The van der Waals surface area contributed by atoms with Gasteiger partial charge in [0.05, 0.1) is 12.0 Å². The molecule has 0 fully saturated rings. The van der Waals surface area contributed by atoms with E-state index < -0.39 is 11.4 Å². The molecule has 2 rings (SSSR count). The summed E-state index contributed by atoms with van der Waals surface area (Å²) in [7, 11) is 0. The molecule has 31 heavy (non-hydrogen) atoms. The van der Waals surface area contributed by atoms with Crippen LogP contribution in [-0.2, 0) is 20.9 Å². The zero-order valence-electron chi connectivity index (χ0n) is 19.5. The molecule has 0 aliphatic carbocycles. The lowest BCUT2D eigenvalue weighted by Gasteiger charge is -2.40. The smallest absolute Gasteiger partial charge is 0.325 e. The van der Waals surface area contributed by atoms with Crippen LogP contribution in [0.1, 0.15) is 58.6 Å². The van der Waals surface area contributed by atoms with Crippen LogP contribution < -0.4 is 4.90 Å². The molecule has 0 aromatic heterocycles. The minimum Gasteiger partial charge on any atom is -0.481 e. The van der Waals surface area contributed by atoms with Crippen LogP contribution >= 0.6 is 0 Å². The van der Waals surface area contributed by atoms with Crippen LogP contribution in [0.15, 0.2) is 54.6 Å². The van der Waals surface area contributed by atoms with Crippen LogP contribution in [0.25, 0.3) is 0 Å². The molecule has 168 valence electrons. The topological polar surface area (TPSA) is 66.8 Å². The molecule has 1 N–H and O–H groups in total. The van der Waals surface area contributed by atoms with Crippen molar-refractivity contribution >= 4 is 17.6 Å². The molecule has 0 radical (unpaired) electrons. The highest BCUT2D eigenvalue weighted by Gasteiger charge is 2.44. The van der Waals surface area contributed by atoms with Crippen LogP contribution in [0, 0.1) is 10.8 Å². The van der Waals surface area contributed by atoms with Crippen molar-refractivity contribution in [3.63, 3.8) is 0 Å². The summed E-state index contributed by atoms with van der Waals surface area (Å²) in [6.07, 6.45) is 0. The highest BCUT2D eigenvalue weighted by Crippen LogP contribution is 2.47. The standard InChI is InChI=1S/C26H35NO4/c1-7-31-22(28)18-27(21-11-9-8-10-12-21)17-19-13-15-20(16-14-19)23(25(2,3)4)26(5,6)24(29)30/h8-16,23H,7,17-18H2,1-6H3,(H,29,30). The first-order valence-corrected chi connectivity index (χ1v) is 10.7. The first kappa shape index (κ1) is 24.4. The molecular weight excluding hydrogens is 390 g/mol. The van der Waals surface area contributed by atoms with Gasteiger partial charge in [0.1, 0.15) is 6.54 Å². The average molecular weight is 426 g/mol. The maximum atomic E-state index is 12.1. The fourth-order valence-corrected chi connectivity index (χ4v) is 4.40. The number of rotatable bonds is 9. The van der Waals surface area contributed by atoms with Gasteiger partial charge in [-0.1, -0.05) is 63.2 Å². The van der Waals surface area contributed by atoms with E-state index in [0.29, 0.717) is 13.2 Å². The van der Waals surface area contributed by atoms with Crippen LogP contribution in [0.2, 0.25) is 0 Å². The maximum Gasteiger partial charge on any atom is 0.325 e. The van der Waals surface area contributed by atoms with Crippen LogP contribution in [-0.4, -0.2) is 30.2 Å². The van der Waals surface area contributed by atoms with E-state index in [1.165, 1.54) is 0 Å².